The lowest BCUT2D eigenvalue weighted by molar-refractivity contribution is -0.152. The molecule has 208 valence electrons. The van der Waals surface area contributed by atoms with Crippen molar-refractivity contribution >= 4 is 21.6 Å². The summed E-state index contributed by atoms with van der Waals surface area (Å²) in [7, 11) is 0. The van der Waals surface area contributed by atoms with E-state index in [-0.39, 0.29) is 30.7 Å². The Morgan fingerprint density at radius 3 is 2.62 bits per heavy atom. The largest absolute Gasteiger partial charge is 0.396 e. The van der Waals surface area contributed by atoms with Crippen LogP contribution in [-0.2, 0) is 4.74 Å². The van der Waals surface area contributed by atoms with E-state index in [0.29, 0.717) is 11.6 Å². The summed E-state index contributed by atoms with van der Waals surface area (Å²) in [5.74, 6) is -3.25. The Balaban J connectivity index is 1.36. The van der Waals surface area contributed by atoms with Crippen LogP contribution in [-0.4, -0.2) is 63.8 Å². The molecule has 1 fully saturated rings. The molecule has 0 unspecified atom stereocenters. The Morgan fingerprint density at radius 2 is 1.88 bits per heavy atom. The summed E-state index contributed by atoms with van der Waals surface area (Å²) >= 11 is 1.57. The van der Waals surface area contributed by atoms with Gasteiger partial charge in [0.1, 0.15) is 23.7 Å². The summed E-state index contributed by atoms with van der Waals surface area (Å²) in [5.41, 5.74) is 1.74. The van der Waals surface area contributed by atoms with Crippen molar-refractivity contribution in [1.82, 2.24) is 34.7 Å². The van der Waals surface area contributed by atoms with Crippen molar-refractivity contribution in [3.8, 4) is 16.9 Å². The maximum atomic E-state index is 13.8. The van der Waals surface area contributed by atoms with Crippen LogP contribution < -0.4 is 0 Å². The van der Waals surface area contributed by atoms with Gasteiger partial charge in [0.05, 0.1) is 39.3 Å². The van der Waals surface area contributed by atoms with Gasteiger partial charge in [0.15, 0.2) is 23.3 Å². The third-order valence-corrected chi connectivity index (χ3v) is 7.80. The highest BCUT2D eigenvalue weighted by Crippen LogP contribution is 2.39. The van der Waals surface area contributed by atoms with Crippen LogP contribution in [0, 0.1) is 31.3 Å². The van der Waals surface area contributed by atoms with Crippen molar-refractivity contribution < 1.29 is 28.1 Å². The Morgan fingerprint density at radius 1 is 1.10 bits per heavy atom. The molecule has 0 bridgehead atoms. The molecule has 1 aliphatic heterocycles. The van der Waals surface area contributed by atoms with Gasteiger partial charge in [-0.2, -0.15) is 5.10 Å². The number of ether oxygens (including phenoxy) is 1. The number of aromatic nitrogens is 7. The van der Waals surface area contributed by atoms with Crippen molar-refractivity contribution in [3.63, 3.8) is 0 Å². The Labute approximate surface area is 229 Å². The molecule has 6 rings (SSSR count). The second-order valence-electron chi connectivity index (χ2n) is 9.62. The number of aliphatic hydroxyl groups excluding tert-OH is 2. The highest BCUT2D eigenvalue weighted by molar-refractivity contribution is 7.18. The number of nitrogens with zero attached hydrogens (tertiary/aromatic N) is 7. The minimum atomic E-state index is -1.57. The van der Waals surface area contributed by atoms with Crippen LogP contribution in [0.5, 0.6) is 0 Å². The average Bonchev–Trinajstić information content (AvgIpc) is 3.65. The molecular weight excluding hydrogens is 547 g/mol. The first-order valence-corrected chi connectivity index (χ1v) is 13.4. The lowest BCUT2D eigenvalue weighted by Crippen LogP contribution is -2.44. The van der Waals surface area contributed by atoms with Crippen LogP contribution >= 0.6 is 11.3 Å². The van der Waals surface area contributed by atoms with Gasteiger partial charge < -0.3 is 14.9 Å². The summed E-state index contributed by atoms with van der Waals surface area (Å²) in [4.78, 5) is 9.14. The second-order valence-corrected chi connectivity index (χ2v) is 10.9. The number of fused-ring (bicyclic) bond motifs is 1. The minimum absolute atomic E-state index is 0.00304. The zero-order valence-electron chi connectivity index (χ0n) is 21.4. The topological polar surface area (TPSA) is 124 Å². The van der Waals surface area contributed by atoms with Gasteiger partial charge in [0.2, 0.25) is 0 Å². The average molecular weight is 572 g/mol. The van der Waals surface area contributed by atoms with Crippen molar-refractivity contribution in [1.29, 1.82) is 0 Å². The number of halogens is 3. The zero-order valence-corrected chi connectivity index (χ0v) is 22.2. The Bertz CT molecular complexity index is 1680. The summed E-state index contributed by atoms with van der Waals surface area (Å²) in [6, 6.07) is 6.75. The molecule has 0 amide bonds. The second kappa shape index (κ2) is 10.4. The lowest BCUT2D eigenvalue weighted by atomic mass is 9.93. The van der Waals surface area contributed by atoms with E-state index < -0.39 is 41.8 Å². The monoisotopic (exact) mass is 571 g/mol. The van der Waals surface area contributed by atoms with Crippen LogP contribution in [0.25, 0.3) is 27.2 Å². The maximum absolute atomic E-state index is 13.8. The third kappa shape index (κ3) is 4.76. The van der Waals surface area contributed by atoms with Gasteiger partial charge in [-0.3, -0.25) is 0 Å². The smallest absolute Gasteiger partial charge is 0.194 e. The number of aliphatic hydroxyl groups is 2. The molecule has 1 saturated heterocycles. The number of benzene rings is 2. The number of hydrogen-bond donors (Lipinski definition) is 2. The first-order valence-electron chi connectivity index (χ1n) is 12.5. The molecule has 0 aliphatic carbocycles. The molecule has 1 aliphatic rings. The van der Waals surface area contributed by atoms with Gasteiger partial charge in [-0.1, -0.05) is 5.21 Å². The maximum Gasteiger partial charge on any atom is 0.194 e. The van der Waals surface area contributed by atoms with E-state index in [1.54, 1.807) is 22.9 Å². The van der Waals surface area contributed by atoms with E-state index in [2.05, 4.69) is 25.4 Å². The molecule has 2 N–H and O–H groups in total. The number of hydrogen-bond acceptors (Lipinski definition) is 9. The predicted molar refractivity (Wildman–Crippen MR) is 138 cm³/mol. The molecule has 0 spiro atoms. The van der Waals surface area contributed by atoms with Crippen LogP contribution in [0.1, 0.15) is 41.6 Å². The van der Waals surface area contributed by atoms with E-state index in [1.165, 1.54) is 10.9 Å². The summed E-state index contributed by atoms with van der Waals surface area (Å²) < 4.78 is 51.4. The van der Waals surface area contributed by atoms with Crippen molar-refractivity contribution in [3.05, 3.63) is 70.6 Å². The molecule has 0 radical (unpaired) electrons. The standard InChI is InChI=1S/C26H24F3N7O3S/c1-12-30-26(36(33-12)15-3-4-18-23(9-15)40-13(2)31-18)22-10-20(25(38)21(39-22)5-6-37)35-11-19(32-34-35)14-7-16(27)24(29)17(28)8-14/h3-4,7-9,11,20-22,25,37-38H,5-6,10H2,1-2H3/t20-,21-,22-,25-/m1/s1. The first kappa shape index (κ1) is 26.5. The van der Waals surface area contributed by atoms with Crippen LogP contribution in [0.2, 0.25) is 0 Å². The van der Waals surface area contributed by atoms with Crippen molar-refractivity contribution in [2.45, 2.75) is 51.0 Å². The minimum Gasteiger partial charge on any atom is -0.396 e. The summed E-state index contributed by atoms with van der Waals surface area (Å²) in [5, 5.41) is 34.4. The SMILES string of the molecule is Cc1nc([C@H]2C[C@@H](n3cc(-c4cc(F)c(F)c(F)c4)nn3)[C@@H](O)[C@@H](CCO)O2)n(-c2ccc3nc(C)sc3c2)n1. The highest BCUT2D eigenvalue weighted by Gasteiger charge is 2.41. The molecule has 4 atom stereocenters. The summed E-state index contributed by atoms with van der Waals surface area (Å²) in [6.45, 7) is 3.47. The third-order valence-electron chi connectivity index (χ3n) is 6.86. The van der Waals surface area contributed by atoms with Crippen LogP contribution in [0.3, 0.4) is 0 Å². The van der Waals surface area contributed by atoms with Gasteiger partial charge in [-0.15, -0.1) is 16.4 Å². The molecule has 0 saturated carbocycles. The first-order chi connectivity index (χ1) is 19.2. The van der Waals surface area contributed by atoms with Gasteiger partial charge in [0, 0.05) is 18.6 Å². The van der Waals surface area contributed by atoms with Crippen LogP contribution in [0.15, 0.2) is 36.5 Å². The van der Waals surface area contributed by atoms with E-state index in [4.69, 9.17) is 4.74 Å². The predicted octanol–water partition coefficient (Wildman–Crippen LogP) is 3.98. The fraction of sp³-hybridized carbons (Fsp3) is 0.346. The zero-order chi connectivity index (χ0) is 28.1. The van der Waals surface area contributed by atoms with E-state index in [9.17, 15) is 23.4 Å². The normalized spacial score (nSPS) is 21.4. The fourth-order valence-corrected chi connectivity index (χ4v) is 5.88. The van der Waals surface area contributed by atoms with Gasteiger partial charge in [0.25, 0.3) is 0 Å². The molecule has 5 aromatic rings. The quantitative estimate of drug-likeness (QED) is 0.294. The van der Waals surface area contributed by atoms with Crippen molar-refractivity contribution in [2.24, 2.45) is 0 Å². The van der Waals surface area contributed by atoms with E-state index in [1.807, 2.05) is 25.1 Å². The van der Waals surface area contributed by atoms with Gasteiger partial charge >= 0.3 is 0 Å². The van der Waals surface area contributed by atoms with E-state index >= 15 is 0 Å². The highest BCUT2D eigenvalue weighted by atomic mass is 32.1. The molecule has 14 heteroatoms. The lowest BCUT2D eigenvalue weighted by Gasteiger charge is -2.38. The molecule has 10 nitrogen and oxygen atoms in total. The molecular formula is C26H24F3N7O3S. The van der Waals surface area contributed by atoms with E-state index in [0.717, 1.165) is 33.0 Å². The van der Waals surface area contributed by atoms with Gasteiger partial charge in [-0.05, 0) is 50.6 Å². The van der Waals surface area contributed by atoms with Crippen molar-refractivity contribution in [2.75, 3.05) is 6.61 Å². The molecule has 3 aromatic heterocycles. The number of thiazole rings is 1. The number of rotatable bonds is 6. The Kier molecular flexibility index (Phi) is 6.86. The molecule has 2 aromatic carbocycles. The number of aryl methyl sites for hydroxylation is 2. The van der Waals surface area contributed by atoms with Gasteiger partial charge in [-0.25, -0.2) is 32.5 Å². The summed E-state index contributed by atoms with van der Waals surface area (Å²) in [6.07, 6.45) is -0.748. The van der Waals surface area contributed by atoms with Crippen LogP contribution in [0.4, 0.5) is 13.2 Å². The Hall–Kier alpha value is -3.72. The molecule has 40 heavy (non-hydrogen) atoms. The fourth-order valence-electron chi connectivity index (χ4n) is 5.01. The molecule has 4 heterocycles.